The smallest absolute Gasteiger partial charge is 0.252 e. The van der Waals surface area contributed by atoms with Crippen molar-refractivity contribution in [1.29, 1.82) is 0 Å². The third kappa shape index (κ3) is 3.16. The van der Waals surface area contributed by atoms with Gasteiger partial charge < -0.3 is 5.32 Å². The third-order valence-electron chi connectivity index (χ3n) is 4.00. The van der Waals surface area contributed by atoms with Gasteiger partial charge in [-0.2, -0.15) is 4.98 Å². The molecule has 8 heteroatoms. The zero-order chi connectivity index (χ0) is 18.1. The molecule has 0 unspecified atom stereocenters. The number of carbonyl (C=O) groups is 2. The number of amides is 2. The minimum Gasteiger partial charge on any atom is -0.326 e. The van der Waals surface area contributed by atoms with Crippen molar-refractivity contribution in [2.24, 2.45) is 0 Å². The highest BCUT2D eigenvalue weighted by molar-refractivity contribution is 6.30. The van der Waals surface area contributed by atoms with Crippen molar-refractivity contribution >= 4 is 35.1 Å². The highest BCUT2D eigenvalue weighted by Gasteiger charge is 2.35. The molecule has 130 valence electrons. The lowest BCUT2D eigenvalue weighted by Gasteiger charge is -2.10. The van der Waals surface area contributed by atoms with Gasteiger partial charge >= 0.3 is 0 Å². The largest absolute Gasteiger partial charge is 0.326 e. The van der Waals surface area contributed by atoms with Crippen molar-refractivity contribution < 1.29 is 9.59 Å². The van der Waals surface area contributed by atoms with E-state index in [0.29, 0.717) is 22.5 Å². The molecule has 0 fully saturated rings. The molecule has 0 saturated carbocycles. The fraction of sp³-hybridized carbons (Fsp3) is 0.111. The Morgan fingerprint density at radius 3 is 2.62 bits per heavy atom. The van der Waals surface area contributed by atoms with E-state index < -0.39 is 6.04 Å². The number of hydrogen-bond acceptors (Lipinski definition) is 4. The van der Waals surface area contributed by atoms with E-state index >= 15 is 0 Å². The van der Waals surface area contributed by atoms with E-state index in [0.717, 1.165) is 5.56 Å². The molecule has 0 radical (unpaired) electrons. The van der Waals surface area contributed by atoms with Gasteiger partial charge in [-0.15, -0.1) is 5.10 Å². The van der Waals surface area contributed by atoms with Crippen molar-refractivity contribution in [3.63, 3.8) is 0 Å². The quantitative estimate of drug-likeness (QED) is 0.741. The van der Waals surface area contributed by atoms with Crippen LogP contribution in [0, 0.1) is 0 Å². The van der Waals surface area contributed by atoms with Crippen LogP contribution in [0.5, 0.6) is 0 Å². The number of carbonyl (C=O) groups excluding carboxylic acids is 2. The number of rotatable bonds is 4. The van der Waals surface area contributed by atoms with Gasteiger partial charge in [0.05, 0.1) is 6.42 Å². The van der Waals surface area contributed by atoms with Gasteiger partial charge in [-0.3, -0.25) is 14.9 Å². The maximum atomic E-state index is 12.3. The Morgan fingerprint density at radius 2 is 1.88 bits per heavy atom. The number of benzene rings is 2. The number of nitrogens with zero attached hydrogens (tertiary/aromatic N) is 3. The summed E-state index contributed by atoms with van der Waals surface area (Å²) in [4.78, 5) is 28.8. The molecule has 2 aromatic carbocycles. The summed E-state index contributed by atoms with van der Waals surface area (Å²) in [6.45, 7) is 0. The molecule has 1 aromatic heterocycles. The van der Waals surface area contributed by atoms with Gasteiger partial charge in [0.25, 0.3) is 5.91 Å². The molecule has 2 N–H and O–H groups in total. The van der Waals surface area contributed by atoms with Crippen molar-refractivity contribution in [3.8, 4) is 11.4 Å². The van der Waals surface area contributed by atoms with E-state index in [1.54, 1.807) is 24.3 Å². The van der Waals surface area contributed by atoms with Gasteiger partial charge in [-0.1, -0.05) is 41.9 Å². The van der Waals surface area contributed by atoms with Crippen LogP contribution in [-0.4, -0.2) is 26.6 Å². The van der Waals surface area contributed by atoms with E-state index in [-0.39, 0.29) is 18.2 Å². The molecule has 7 nitrogen and oxygen atoms in total. The van der Waals surface area contributed by atoms with Gasteiger partial charge in [0, 0.05) is 16.3 Å². The van der Waals surface area contributed by atoms with Crippen molar-refractivity contribution in [2.75, 3.05) is 10.6 Å². The minimum absolute atomic E-state index is 0.0426. The molecule has 26 heavy (non-hydrogen) atoms. The average Bonchev–Trinajstić information content (AvgIpc) is 3.17. The Balaban J connectivity index is 1.51. The predicted octanol–water partition coefficient (Wildman–Crippen LogP) is 3.12. The van der Waals surface area contributed by atoms with E-state index in [4.69, 9.17) is 11.6 Å². The average molecular weight is 368 g/mol. The summed E-state index contributed by atoms with van der Waals surface area (Å²) < 4.78 is 1.46. The summed E-state index contributed by atoms with van der Waals surface area (Å²) in [6.07, 6.45) is -0.0426. The van der Waals surface area contributed by atoms with Crippen LogP contribution in [0.1, 0.15) is 12.5 Å². The number of aromatic nitrogens is 3. The van der Waals surface area contributed by atoms with Crippen molar-refractivity contribution in [2.45, 2.75) is 12.5 Å². The maximum Gasteiger partial charge on any atom is 0.252 e. The summed E-state index contributed by atoms with van der Waals surface area (Å²) >= 11 is 5.83. The molecule has 1 aliphatic heterocycles. The molecular formula is C18H14ClN5O2. The lowest BCUT2D eigenvalue weighted by Crippen LogP contribution is -2.23. The van der Waals surface area contributed by atoms with Crippen LogP contribution in [-0.2, 0) is 9.59 Å². The fourth-order valence-electron chi connectivity index (χ4n) is 2.74. The normalized spacial score (nSPS) is 15.4. The molecule has 1 atom stereocenters. The lowest BCUT2D eigenvalue weighted by molar-refractivity contribution is -0.123. The highest BCUT2D eigenvalue weighted by atomic mass is 35.5. The number of fused-ring (bicyclic) bond motifs is 1. The van der Waals surface area contributed by atoms with Crippen molar-refractivity contribution in [3.05, 3.63) is 59.6 Å². The predicted molar refractivity (Wildman–Crippen MR) is 97.8 cm³/mol. The Bertz CT molecular complexity index is 969. The molecule has 0 spiro atoms. The molecular weight excluding hydrogens is 354 g/mol. The summed E-state index contributed by atoms with van der Waals surface area (Å²) in [5.41, 5.74) is 1.45. The first-order valence-corrected chi connectivity index (χ1v) is 8.36. The van der Waals surface area contributed by atoms with Crippen LogP contribution in [0.4, 0.5) is 11.6 Å². The second kappa shape index (κ2) is 6.61. The highest BCUT2D eigenvalue weighted by Crippen LogP contribution is 2.28. The van der Waals surface area contributed by atoms with Gasteiger partial charge in [-0.05, 0) is 24.3 Å². The first-order valence-electron chi connectivity index (χ1n) is 7.98. The van der Waals surface area contributed by atoms with Crippen LogP contribution in [0.3, 0.4) is 0 Å². The van der Waals surface area contributed by atoms with Crippen LogP contribution in [0.15, 0.2) is 54.6 Å². The molecule has 2 heterocycles. The van der Waals surface area contributed by atoms with Crippen LogP contribution < -0.4 is 10.6 Å². The monoisotopic (exact) mass is 367 g/mol. The van der Waals surface area contributed by atoms with E-state index in [1.165, 1.54) is 4.68 Å². The molecule has 0 saturated heterocycles. The van der Waals surface area contributed by atoms with E-state index in [9.17, 15) is 9.59 Å². The fourth-order valence-corrected chi connectivity index (χ4v) is 2.87. The molecule has 0 aliphatic carbocycles. The van der Waals surface area contributed by atoms with Gasteiger partial charge in [0.2, 0.25) is 11.9 Å². The summed E-state index contributed by atoms with van der Waals surface area (Å²) in [6, 6.07) is 15.5. The summed E-state index contributed by atoms with van der Waals surface area (Å²) in [5.74, 6) is 0.254. The molecule has 3 aromatic rings. The second-order valence-electron chi connectivity index (χ2n) is 5.83. The Labute approximate surface area is 154 Å². The molecule has 2 amide bonds. The van der Waals surface area contributed by atoms with Gasteiger partial charge in [0.15, 0.2) is 5.82 Å². The first kappa shape index (κ1) is 16.3. The summed E-state index contributed by atoms with van der Waals surface area (Å²) in [7, 11) is 0. The number of hydrogen-bond donors (Lipinski definition) is 2. The maximum absolute atomic E-state index is 12.3. The Hall–Kier alpha value is -3.19. The summed E-state index contributed by atoms with van der Waals surface area (Å²) in [5, 5.41) is 10.4. The number of halogens is 1. The minimum atomic E-state index is -0.734. The van der Waals surface area contributed by atoms with Gasteiger partial charge in [-0.25, -0.2) is 4.68 Å². The first-order chi connectivity index (χ1) is 12.6. The molecule has 0 bridgehead atoms. The Morgan fingerprint density at radius 1 is 1.15 bits per heavy atom. The molecule has 4 rings (SSSR count). The topological polar surface area (TPSA) is 88.9 Å². The van der Waals surface area contributed by atoms with E-state index in [1.807, 2.05) is 30.3 Å². The van der Waals surface area contributed by atoms with E-state index in [2.05, 4.69) is 20.7 Å². The van der Waals surface area contributed by atoms with Gasteiger partial charge in [0.1, 0.15) is 6.04 Å². The second-order valence-corrected chi connectivity index (χ2v) is 6.27. The molecule has 1 aliphatic rings. The van der Waals surface area contributed by atoms with Crippen LogP contribution in [0.2, 0.25) is 5.02 Å². The number of anilines is 2. The lowest BCUT2D eigenvalue weighted by atomic mass is 10.2. The number of nitrogens with one attached hydrogen (secondary N) is 2. The standard InChI is InChI=1S/C18H14ClN5O2/c19-12-6-8-13(9-7-12)20-15(25)10-14-17(26)22-18-21-16(23-24(14)18)11-4-2-1-3-5-11/h1-9,14H,10H2,(H,20,25)(H,21,22,23,26)/t14-/m1/s1. The SMILES string of the molecule is O=C(C[C@@H]1C(=O)Nc2nc(-c3ccccc3)nn21)Nc1ccc(Cl)cc1. The Kier molecular flexibility index (Phi) is 4.14. The zero-order valence-electron chi connectivity index (χ0n) is 13.5. The van der Waals surface area contributed by atoms with Crippen LogP contribution >= 0.6 is 11.6 Å². The van der Waals surface area contributed by atoms with Crippen molar-refractivity contribution in [1.82, 2.24) is 14.8 Å². The zero-order valence-corrected chi connectivity index (χ0v) is 14.3. The van der Waals surface area contributed by atoms with Crippen LogP contribution in [0.25, 0.3) is 11.4 Å². The third-order valence-corrected chi connectivity index (χ3v) is 4.25.